The van der Waals surface area contributed by atoms with E-state index in [1.54, 1.807) is 0 Å². The average molecular weight is 652 g/mol. The Kier molecular flexibility index (Phi) is 7.54. The molecular weight excluding hydrogens is 627 g/mol. The first-order chi connectivity index (χ1) is 20.4. The van der Waals surface area contributed by atoms with Crippen molar-refractivity contribution in [1.29, 1.82) is 5.26 Å². The number of aromatic nitrogens is 2. The van der Waals surface area contributed by atoms with Crippen LogP contribution in [0.3, 0.4) is 0 Å². The molecule has 2 aliphatic rings. The Labute approximate surface area is 253 Å². The number of benzene rings is 2. The van der Waals surface area contributed by atoms with Gasteiger partial charge in [0.05, 0.1) is 26.6 Å². The number of halogens is 4. The molecule has 226 valence electrons. The molecule has 2 saturated heterocycles. The first-order valence-corrected chi connectivity index (χ1v) is 16.2. The van der Waals surface area contributed by atoms with Crippen LogP contribution in [-0.2, 0) is 10.0 Å². The smallest absolute Gasteiger partial charge is 0.319 e. The quantitative estimate of drug-likeness (QED) is 0.248. The van der Waals surface area contributed by atoms with Crippen LogP contribution in [0.25, 0.3) is 32.1 Å². The molecule has 10 nitrogen and oxygen atoms in total. The molecule has 16 heteroatoms. The number of fused-ring (bicyclic) bond motifs is 3. The number of sulfonamides is 1. The van der Waals surface area contributed by atoms with Crippen LogP contribution in [-0.4, -0.2) is 67.0 Å². The number of hydrogen-bond donors (Lipinski definition) is 3. The van der Waals surface area contributed by atoms with Gasteiger partial charge in [-0.2, -0.15) is 15.2 Å². The number of nitriles is 1. The van der Waals surface area contributed by atoms with Crippen molar-refractivity contribution in [1.82, 2.24) is 14.9 Å². The predicted molar refractivity (Wildman–Crippen MR) is 159 cm³/mol. The molecule has 43 heavy (non-hydrogen) atoms. The van der Waals surface area contributed by atoms with Gasteiger partial charge in [0, 0.05) is 35.8 Å². The minimum absolute atomic E-state index is 0.00905. The van der Waals surface area contributed by atoms with E-state index in [1.807, 2.05) is 11.0 Å². The van der Waals surface area contributed by atoms with Crippen LogP contribution in [0.15, 0.2) is 18.2 Å². The molecule has 0 spiro atoms. The second-order valence-corrected chi connectivity index (χ2v) is 13.9. The number of alkyl halides is 1. The standard InChI is InChI=1S/C27H25ClF3N7O3S2/c28-17-8-15-22(21(31)20(17)14-2-3-18(30)23-19(14)16(10-32)24(33)42-23)36-26(37-25(15)35-5-7-43(34,39)40)41-12-27-4-1-6-38(27)11-13(29)9-27/h2-3,8,13H,1,4-7,9,11-12,33H2,(H2,34,39,40)(H,35,36,37)/t13-,27+/m1/s1. The zero-order valence-electron chi connectivity index (χ0n) is 22.5. The first-order valence-electron chi connectivity index (χ1n) is 13.3. The number of nitrogen functional groups attached to an aromatic ring is 1. The van der Waals surface area contributed by atoms with Gasteiger partial charge >= 0.3 is 6.01 Å². The Morgan fingerprint density at radius 1 is 1.33 bits per heavy atom. The van der Waals surface area contributed by atoms with Gasteiger partial charge in [0.25, 0.3) is 0 Å². The fraction of sp³-hybridized carbons (Fsp3) is 0.370. The van der Waals surface area contributed by atoms with Crippen LogP contribution in [0.5, 0.6) is 6.01 Å². The van der Waals surface area contributed by atoms with E-state index in [-0.39, 0.29) is 72.7 Å². The topological polar surface area (TPSA) is 160 Å². The highest BCUT2D eigenvalue weighted by molar-refractivity contribution is 7.89. The van der Waals surface area contributed by atoms with E-state index in [0.29, 0.717) is 13.0 Å². The number of hydrogen-bond acceptors (Lipinski definition) is 10. The van der Waals surface area contributed by atoms with Crippen molar-refractivity contribution in [2.75, 3.05) is 43.0 Å². The molecule has 4 heterocycles. The van der Waals surface area contributed by atoms with E-state index in [1.165, 1.54) is 12.1 Å². The third-order valence-corrected chi connectivity index (χ3v) is 10.1. The summed E-state index contributed by atoms with van der Waals surface area (Å²) in [6.45, 7) is 0.951. The van der Waals surface area contributed by atoms with Crippen LogP contribution in [0.2, 0.25) is 5.02 Å². The van der Waals surface area contributed by atoms with Gasteiger partial charge in [-0.3, -0.25) is 4.90 Å². The lowest BCUT2D eigenvalue weighted by atomic mass is 9.95. The lowest BCUT2D eigenvalue weighted by molar-refractivity contribution is 0.107. The summed E-state index contributed by atoms with van der Waals surface area (Å²) < 4.78 is 74.6. The third kappa shape index (κ3) is 5.31. The predicted octanol–water partition coefficient (Wildman–Crippen LogP) is 4.55. The molecule has 6 rings (SSSR count). The molecular formula is C27H25ClF3N7O3S2. The van der Waals surface area contributed by atoms with Gasteiger partial charge in [-0.15, -0.1) is 11.3 Å². The monoisotopic (exact) mass is 651 g/mol. The SMILES string of the molecule is N#Cc1c(N)sc2c(F)ccc(-c3c(Cl)cc4c(NCCS(N)(=O)=O)nc(OC[C@@]56CCCN5C[C@H](F)C6)nc4c3F)c12. The van der Waals surface area contributed by atoms with E-state index in [9.17, 15) is 22.5 Å². The van der Waals surface area contributed by atoms with Crippen molar-refractivity contribution in [2.45, 2.75) is 31.0 Å². The van der Waals surface area contributed by atoms with Crippen LogP contribution in [0.1, 0.15) is 24.8 Å². The second kappa shape index (κ2) is 10.9. The van der Waals surface area contributed by atoms with Gasteiger partial charge < -0.3 is 15.8 Å². The number of primary sulfonamides is 1. The molecule has 2 fully saturated rings. The van der Waals surface area contributed by atoms with Gasteiger partial charge in [-0.1, -0.05) is 17.7 Å². The van der Waals surface area contributed by atoms with Crippen molar-refractivity contribution < 1.29 is 26.3 Å². The summed E-state index contributed by atoms with van der Waals surface area (Å²) in [4.78, 5) is 10.7. The Morgan fingerprint density at radius 2 is 2.12 bits per heavy atom. The lowest BCUT2D eigenvalue weighted by Gasteiger charge is -2.30. The summed E-state index contributed by atoms with van der Waals surface area (Å²) in [6, 6.07) is 5.57. The molecule has 2 aromatic carbocycles. The number of nitrogens with two attached hydrogens (primary N) is 2. The normalized spacial score (nSPS) is 20.5. The fourth-order valence-electron chi connectivity index (χ4n) is 6.09. The zero-order chi connectivity index (χ0) is 30.7. The maximum absolute atomic E-state index is 16.5. The summed E-state index contributed by atoms with van der Waals surface area (Å²) in [5.41, 5.74) is 5.19. The molecule has 0 radical (unpaired) electrons. The maximum Gasteiger partial charge on any atom is 0.319 e. The molecule has 2 atom stereocenters. The van der Waals surface area contributed by atoms with Crippen molar-refractivity contribution >= 4 is 64.8 Å². The fourth-order valence-corrected chi connectivity index (χ4v) is 7.72. The van der Waals surface area contributed by atoms with Crippen molar-refractivity contribution in [3.8, 4) is 23.2 Å². The molecule has 0 aliphatic carbocycles. The van der Waals surface area contributed by atoms with Gasteiger partial charge in [-0.05, 0) is 37.1 Å². The number of anilines is 2. The number of nitrogens with zero attached hydrogens (tertiary/aromatic N) is 4. The summed E-state index contributed by atoms with van der Waals surface area (Å²) in [6.07, 6.45) is 0.908. The van der Waals surface area contributed by atoms with Crippen LogP contribution >= 0.6 is 22.9 Å². The number of rotatable bonds is 8. The van der Waals surface area contributed by atoms with Gasteiger partial charge in [0.1, 0.15) is 41.0 Å². The van der Waals surface area contributed by atoms with E-state index in [4.69, 9.17) is 27.2 Å². The summed E-state index contributed by atoms with van der Waals surface area (Å²) in [5.74, 6) is -1.94. The minimum atomic E-state index is -3.83. The van der Waals surface area contributed by atoms with E-state index in [0.717, 1.165) is 36.8 Å². The molecule has 2 aliphatic heterocycles. The first kappa shape index (κ1) is 29.6. The maximum atomic E-state index is 16.5. The van der Waals surface area contributed by atoms with Crippen molar-refractivity contribution in [3.05, 3.63) is 40.4 Å². The Morgan fingerprint density at radius 3 is 2.86 bits per heavy atom. The van der Waals surface area contributed by atoms with Gasteiger partial charge in [0.15, 0.2) is 5.82 Å². The largest absolute Gasteiger partial charge is 0.461 e. The third-order valence-electron chi connectivity index (χ3n) is 7.97. The average Bonchev–Trinajstić information content (AvgIpc) is 3.58. The van der Waals surface area contributed by atoms with Crippen LogP contribution in [0.4, 0.5) is 24.0 Å². The number of nitrogens with one attached hydrogen (secondary N) is 1. The van der Waals surface area contributed by atoms with E-state index in [2.05, 4.69) is 15.3 Å². The number of thiophene rings is 1. The lowest BCUT2D eigenvalue weighted by Crippen LogP contribution is -2.43. The van der Waals surface area contributed by atoms with Crippen LogP contribution in [0, 0.1) is 23.0 Å². The molecule has 0 bridgehead atoms. The van der Waals surface area contributed by atoms with Gasteiger partial charge in [0.2, 0.25) is 10.0 Å². The Bertz CT molecular complexity index is 1940. The van der Waals surface area contributed by atoms with E-state index < -0.39 is 39.1 Å². The summed E-state index contributed by atoms with van der Waals surface area (Å²) >= 11 is 7.47. The van der Waals surface area contributed by atoms with Crippen molar-refractivity contribution in [2.24, 2.45) is 5.14 Å². The molecule has 5 N–H and O–H groups in total. The van der Waals surface area contributed by atoms with Crippen molar-refractivity contribution in [3.63, 3.8) is 0 Å². The zero-order valence-corrected chi connectivity index (χ0v) is 24.9. The molecule has 0 saturated carbocycles. The van der Waals surface area contributed by atoms with Crippen LogP contribution < -0.4 is 20.9 Å². The Balaban J connectivity index is 1.49. The number of ether oxygens (including phenoxy) is 1. The molecule has 4 aromatic rings. The molecule has 0 amide bonds. The second-order valence-electron chi connectivity index (χ2n) is 10.7. The Hall–Kier alpha value is -3.42. The highest BCUT2D eigenvalue weighted by Crippen LogP contribution is 2.46. The molecule has 0 unspecified atom stereocenters. The van der Waals surface area contributed by atoms with Gasteiger partial charge in [-0.25, -0.2) is 26.7 Å². The highest BCUT2D eigenvalue weighted by atomic mass is 35.5. The molecule has 2 aromatic heterocycles. The minimum Gasteiger partial charge on any atom is -0.461 e. The summed E-state index contributed by atoms with van der Waals surface area (Å²) in [7, 11) is -3.83. The van der Waals surface area contributed by atoms with E-state index >= 15 is 4.39 Å². The summed E-state index contributed by atoms with van der Waals surface area (Å²) in [5, 5.41) is 17.9. The highest BCUT2D eigenvalue weighted by Gasteiger charge is 2.49.